The van der Waals surface area contributed by atoms with Crippen LogP contribution in [-0.2, 0) is 4.79 Å². The van der Waals surface area contributed by atoms with Crippen LogP contribution in [0.1, 0.15) is 31.1 Å². The molecular weight excluding hydrogens is 381 g/mol. The third-order valence-electron chi connectivity index (χ3n) is 5.11. The Balaban J connectivity index is 1.27. The topological polar surface area (TPSA) is 58.4 Å². The first-order valence-corrected chi connectivity index (χ1v) is 9.79. The summed E-state index contributed by atoms with van der Waals surface area (Å²) in [5.41, 5.74) is 1.77. The summed E-state index contributed by atoms with van der Waals surface area (Å²) < 4.78 is 19.5. The summed E-state index contributed by atoms with van der Waals surface area (Å²) in [4.78, 5) is 18.9. The molecule has 0 atom stereocenters. The number of aromatic nitrogens is 1. The van der Waals surface area contributed by atoms with Gasteiger partial charge in [0.25, 0.3) is 0 Å². The van der Waals surface area contributed by atoms with Gasteiger partial charge in [0.1, 0.15) is 11.3 Å². The second kappa shape index (κ2) is 8.29. The highest BCUT2D eigenvalue weighted by molar-refractivity contribution is 6.31. The molecule has 0 saturated carbocycles. The molecule has 28 heavy (non-hydrogen) atoms. The molecule has 1 aromatic heterocycles. The number of amides is 1. The molecule has 1 saturated heterocycles. The number of oxazole rings is 1. The Hall–Kier alpha value is -2.44. The molecule has 0 unspecified atom stereocenters. The summed E-state index contributed by atoms with van der Waals surface area (Å²) in [7, 11) is 0. The van der Waals surface area contributed by atoms with Crippen molar-refractivity contribution in [1.82, 2.24) is 9.88 Å². The van der Waals surface area contributed by atoms with E-state index in [1.165, 1.54) is 6.07 Å². The largest absolute Gasteiger partial charge is 0.440 e. The zero-order chi connectivity index (χ0) is 19.5. The second-order valence-electron chi connectivity index (χ2n) is 7.06. The molecule has 2 aromatic carbocycles. The summed E-state index contributed by atoms with van der Waals surface area (Å²) in [5, 5.41) is 3.28. The van der Waals surface area contributed by atoms with Crippen LogP contribution < -0.4 is 5.32 Å². The fourth-order valence-corrected chi connectivity index (χ4v) is 3.70. The first-order chi connectivity index (χ1) is 13.6. The van der Waals surface area contributed by atoms with Crippen LogP contribution in [0.25, 0.3) is 11.1 Å². The van der Waals surface area contributed by atoms with Crippen molar-refractivity contribution in [1.29, 1.82) is 0 Å². The molecule has 7 heteroatoms. The van der Waals surface area contributed by atoms with Gasteiger partial charge < -0.3 is 14.6 Å². The van der Waals surface area contributed by atoms with Crippen molar-refractivity contribution in [2.45, 2.75) is 25.2 Å². The molecule has 0 radical (unpaired) electrons. The van der Waals surface area contributed by atoms with Crippen molar-refractivity contribution in [3.63, 3.8) is 0 Å². The third kappa shape index (κ3) is 4.34. The summed E-state index contributed by atoms with van der Waals surface area (Å²) in [6, 6.07) is 11.6. The zero-order valence-electron chi connectivity index (χ0n) is 15.3. The first kappa shape index (κ1) is 18.9. The highest BCUT2D eigenvalue weighted by atomic mass is 35.5. The van der Waals surface area contributed by atoms with Crippen LogP contribution in [0.5, 0.6) is 0 Å². The van der Waals surface area contributed by atoms with Gasteiger partial charge in [-0.25, -0.2) is 9.37 Å². The van der Waals surface area contributed by atoms with Crippen LogP contribution in [0.2, 0.25) is 5.02 Å². The van der Waals surface area contributed by atoms with Gasteiger partial charge in [-0.1, -0.05) is 23.7 Å². The number of nitrogens with one attached hydrogen (secondary N) is 1. The molecule has 0 aliphatic carbocycles. The molecule has 1 aliphatic rings. The monoisotopic (exact) mass is 401 g/mol. The van der Waals surface area contributed by atoms with E-state index in [0.29, 0.717) is 18.0 Å². The fourth-order valence-electron chi connectivity index (χ4n) is 3.53. The minimum Gasteiger partial charge on any atom is -0.440 e. The standard InChI is InChI=1S/C21H21ClFN3O2/c22-15-5-6-19-18(13-15)25-21(28-19)14-7-10-26(11-8-14)12-9-20(27)24-17-4-2-1-3-16(17)23/h1-6,13-14H,7-12H2,(H,24,27). The molecule has 4 rings (SSSR count). The lowest BCUT2D eigenvalue weighted by Gasteiger charge is -2.30. The van der Waals surface area contributed by atoms with Crippen LogP contribution in [-0.4, -0.2) is 35.4 Å². The van der Waals surface area contributed by atoms with Crippen molar-refractivity contribution >= 4 is 34.3 Å². The molecule has 1 aliphatic heterocycles. The lowest BCUT2D eigenvalue weighted by atomic mass is 9.96. The second-order valence-corrected chi connectivity index (χ2v) is 7.49. The van der Waals surface area contributed by atoms with Gasteiger partial charge in [-0.05, 0) is 56.3 Å². The van der Waals surface area contributed by atoms with E-state index in [0.717, 1.165) is 42.9 Å². The predicted octanol–water partition coefficient (Wildman–Crippen LogP) is 4.83. The van der Waals surface area contributed by atoms with Crippen LogP contribution in [0, 0.1) is 5.82 Å². The molecule has 1 amide bonds. The van der Waals surface area contributed by atoms with Crippen molar-refractivity contribution in [2.75, 3.05) is 25.0 Å². The number of piperidine rings is 1. The van der Waals surface area contributed by atoms with E-state index in [2.05, 4.69) is 15.2 Å². The average molecular weight is 402 g/mol. The van der Waals surface area contributed by atoms with Crippen molar-refractivity contribution in [3.8, 4) is 0 Å². The Morgan fingerprint density at radius 2 is 2.04 bits per heavy atom. The van der Waals surface area contributed by atoms with Gasteiger partial charge in [-0.2, -0.15) is 0 Å². The van der Waals surface area contributed by atoms with Gasteiger partial charge in [-0.3, -0.25) is 4.79 Å². The van der Waals surface area contributed by atoms with Gasteiger partial charge in [-0.15, -0.1) is 0 Å². The number of halogens is 2. The molecule has 3 aromatic rings. The number of hydrogen-bond donors (Lipinski definition) is 1. The summed E-state index contributed by atoms with van der Waals surface area (Å²) in [6.45, 7) is 2.39. The van der Waals surface area contributed by atoms with Crippen molar-refractivity contribution in [2.24, 2.45) is 0 Å². The summed E-state index contributed by atoms with van der Waals surface area (Å²) >= 11 is 6.01. The number of para-hydroxylation sites is 1. The molecule has 1 N–H and O–H groups in total. The number of carbonyl (C=O) groups is 1. The normalized spacial score (nSPS) is 15.8. The number of anilines is 1. The molecule has 146 valence electrons. The number of nitrogens with zero attached hydrogens (tertiary/aromatic N) is 2. The van der Waals surface area contributed by atoms with Crippen LogP contribution in [0.15, 0.2) is 46.9 Å². The zero-order valence-corrected chi connectivity index (χ0v) is 16.1. The SMILES string of the molecule is O=C(CCN1CCC(c2nc3cc(Cl)ccc3o2)CC1)Nc1ccccc1F. The third-order valence-corrected chi connectivity index (χ3v) is 5.34. The van der Waals surface area contributed by atoms with Crippen LogP contribution in [0.4, 0.5) is 10.1 Å². The fraction of sp³-hybridized carbons (Fsp3) is 0.333. The van der Waals surface area contributed by atoms with E-state index in [4.69, 9.17) is 16.0 Å². The highest BCUT2D eigenvalue weighted by Gasteiger charge is 2.25. The predicted molar refractivity (Wildman–Crippen MR) is 107 cm³/mol. The molecule has 0 bridgehead atoms. The van der Waals surface area contributed by atoms with Crippen LogP contribution in [0.3, 0.4) is 0 Å². The molecule has 2 heterocycles. The van der Waals surface area contributed by atoms with E-state index in [9.17, 15) is 9.18 Å². The lowest BCUT2D eigenvalue weighted by Crippen LogP contribution is -2.35. The number of carbonyl (C=O) groups excluding carboxylic acids is 1. The van der Waals surface area contributed by atoms with E-state index in [1.807, 2.05) is 12.1 Å². The Bertz CT molecular complexity index is 983. The number of rotatable bonds is 5. The lowest BCUT2D eigenvalue weighted by molar-refractivity contribution is -0.116. The van der Waals surface area contributed by atoms with Gasteiger partial charge in [0.15, 0.2) is 11.5 Å². The van der Waals surface area contributed by atoms with Crippen LogP contribution >= 0.6 is 11.6 Å². The average Bonchev–Trinajstić information content (AvgIpc) is 3.12. The van der Waals surface area contributed by atoms with Gasteiger partial charge in [0.2, 0.25) is 5.91 Å². The van der Waals surface area contributed by atoms with Gasteiger partial charge >= 0.3 is 0 Å². The van der Waals surface area contributed by atoms with Gasteiger partial charge in [0.05, 0.1) is 5.69 Å². The minimum absolute atomic E-state index is 0.178. The smallest absolute Gasteiger partial charge is 0.225 e. The van der Waals surface area contributed by atoms with Crippen molar-refractivity contribution < 1.29 is 13.6 Å². The quantitative estimate of drug-likeness (QED) is 0.665. The maximum Gasteiger partial charge on any atom is 0.225 e. The number of hydrogen-bond acceptors (Lipinski definition) is 4. The highest BCUT2D eigenvalue weighted by Crippen LogP contribution is 2.30. The Labute approximate surface area is 167 Å². The summed E-state index contributed by atoms with van der Waals surface area (Å²) in [6.07, 6.45) is 2.19. The first-order valence-electron chi connectivity index (χ1n) is 9.41. The van der Waals surface area contributed by atoms with E-state index < -0.39 is 5.82 Å². The van der Waals surface area contributed by atoms with E-state index >= 15 is 0 Å². The van der Waals surface area contributed by atoms with E-state index in [1.54, 1.807) is 24.3 Å². The number of likely N-dealkylation sites (tertiary alicyclic amines) is 1. The Morgan fingerprint density at radius 3 is 2.82 bits per heavy atom. The Kier molecular flexibility index (Phi) is 5.59. The van der Waals surface area contributed by atoms with Crippen molar-refractivity contribution in [3.05, 3.63) is 59.2 Å². The molecule has 1 fully saturated rings. The Morgan fingerprint density at radius 1 is 1.25 bits per heavy atom. The van der Waals surface area contributed by atoms with E-state index in [-0.39, 0.29) is 17.5 Å². The maximum absolute atomic E-state index is 13.6. The molecule has 5 nitrogen and oxygen atoms in total. The summed E-state index contributed by atoms with van der Waals surface area (Å²) in [5.74, 6) is 0.434. The molecule has 0 spiro atoms. The van der Waals surface area contributed by atoms with Gasteiger partial charge in [0, 0.05) is 23.9 Å². The molecular formula is C21H21ClFN3O2. The number of fused-ring (bicyclic) bond motifs is 1. The maximum atomic E-state index is 13.6. The minimum atomic E-state index is -0.420. The number of benzene rings is 2.